The maximum atomic E-state index is 12.7. The van der Waals surface area contributed by atoms with E-state index in [1.165, 1.54) is 6.39 Å². The van der Waals surface area contributed by atoms with Gasteiger partial charge in [0.05, 0.1) is 5.41 Å². The summed E-state index contributed by atoms with van der Waals surface area (Å²) in [6.07, 6.45) is 3.59. The molecule has 1 unspecified atom stereocenters. The number of rotatable bonds is 1. The van der Waals surface area contributed by atoms with Crippen LogP contribution in [0.25, 0.3) is 11.1 Å². The second-order valence-corrected chi connectivity index (χ2v) is 6.35. The van der Waals surface area contributed by atoms with Crippen molar-refractivity contribution in [1.29, 1.82) is 0 Å². The molecule has 6 heteroatoms. The molecule has 2 fully saturated rings. The number of amides is 2. The second kappa shape index (κ2) is 4.94. The van der Waals surface area contributed by atoms with Gasteiger partial charge in [-0.1, -0.05) is 6.58 Å². The predicted octanol–water partition coefficient (Wildman–Crippen LogP) is 2.08. The van der Waals surface area contributed by atoms with E-state index in [-0.39, 0.29) is 11.8 Å². The number of aromatic nitrogens is 1. The van der Waals surface area contributed by atoms with E-state index in [9.17, 15) is 9.59 Å². The molecular formula is C17H17N3O3. The summed E-state index contributed by atoms with van der Waals surface area (Å²) in [5.74, 6) is -0.0767. The minimum absolute atomic E-state index is 0.00487. The third kappa shape index (κ3) is 2.21. The van der Waals surface area contributed by atoms with Gasteiger partial charge in [-0.25, -0.2) is 4.98 Å². The lowest BCUT2D eigenvalue weighted by atomic mass is 9.78. The van der Waals surface area contributed by atoms with Crippen molar-refractivity contribution in [3.63, 3.8) is 0 Å². The number of allylic oxidation sites excluding steroid dienone is 1. The number of oxazole rings is 1. The zero-order valence-electron chi connectivity index (χ0n) is 12.7. The summed E-state index contributed by atoms with van der Waals surface area (Å²) < 4.78 is 5.25. The van der Waals surface area contributed by atoms with Gasteiger partial charge in [-0.15, -0.1) is 0 Å². The van der Waals surface area contributed by atoms with Gasteiger partial charge in [-0.2, -0.15) is 0 Å². The van der Waals surface area contributed by atoms with Crippen molar-refractivity contribution in [2.45, 2.75) is 19.3 Å². The number of carbonyl (C=O) groups excluding carboxylic acids is 2. The van der Waals surface area contributed by atoms with E-state index in [1.54, 1.807) is 23.1 Å². The molecule has 0 bridgehead atoms. The Morgan fingerprint density at radius 3 is 3.09 bits per heavy atom. The molecule has 4 rings (SSSR count). The van der Waals surface area contributed by atoms with Gasteiger partial charge in [0.15, 0.2) is 12.0 Å². The molecule has 1 spiro atoms. The summed E-state index contributed by atoms with van der Waals surface area (Å²) in [5.41, 5.74) is 2.18. The number of nitrogens with zero attached hydrogens (tertiary/aromatic N) is 2. The van der Waals surface area contributed by atoms with Gasteiger partial charge in [0.1, 0.15) is 5.52 Å². The quantitative estimate of drug-likeness (QED) is 0.875. The number of hydrogen-bond donors (Lipinski definition) is 1. The predicted molar refractivity (Wildman–Crippen MR) is 83.5 cm³/mol. The van der Waals surface area contributed by atoms with E-state index < -0.39 is 5.41 Å². The van der Waals surface area contributed by atoms with Crippen LogP contribution < -0.4 is 5.32 Å². The number of carbonyl (C=O) groups is 2. The van der Waals surface area contributed by atoms with Gasteiger partial charge >= 0.3 is 0 Å². The molecule has 2 aliphatic heterocycles. The van der Waals surface area contributed by atoms with Crippen LogP contribution >= 0.6 is 0 Å². The smallest absolute Gasteiger partial charge is 0.254 e. The maximum Gasteiger partial charge on any atom is 0.254 e. The van der Waals surface area contributed by atoms with Crippen LogP contribution in [0.5, 0.6) is 0 Å². The molecule has 1 N–H and O–H groups in total. The van der Waals surface area contributed by atoms with E-state index in [2.05, 4.69) is 16.9 Å². The Morgan fingerprint density at radius 1 is 1.39 bits per heavy atom. The Bertz CT molecular complexity index is 825. The zero-order valence-corrected chi connectivity index (χ0v) is 12.7. The van der Waals surface area contributed by atoms with Crippen LogP contribution in [0, 0.1) is 5.41 Å². The molecule has 2 saturated heterocycles. The Labute approximate surface area is 133 Å². The van der Waals surface area contributed by atoms with E-state index in [4.69, 9.17) is 4.42 Å². The van der Waals surface area contributed by atoms with E-state index >= 15 is 0 Å². The molecule has 1 aromatic carbocycles. The standard InChI is InChI=1S/C17H17N3O3/c1-11-4-5-17(16(22)19-11)6-7-20(9-17)15(21)12-2-3-13-14(8-12)23-10-18-13/h2-3,8,10H,1,4-7,9H2,(H,19,22). The van der Waals surface area contributed by atoms with E-state index in [0.29, 0.717) is 30.7 Å². The number of benzene rings is 1. The molecule has 3 heterocycles. The van der Waals surface area contributed by atoms with Crippen molar-refractivity contribution in [3.8, 4) is 0 Å². The van der Waals surface area contributed by atoms with E-state index in [1.807, 2.05) is 0 Å². The van der Waals surface area contributed by atoms with Crippen LogP contribution in [0.4, 0.5) is 0 Å². The van der Waals surface area contributed by atoms with Gasteiger partial charge in [0.25, 0.3) is 5.91 Å². The molecule has 118 valence electrons. The minimum Gasteiger partial charge on any atom is -0.443 e. The molecule has 2 aromatic rings. The monoisotopic (exact) mass is 311 g/mol. The van der Waals surface area contributed by atoms with Crippen LogP contribution in [0.2, 0.25) is 0 Å². The lowest BCUT2D eigenvalue weighted by Gasteiger charge is -2.33. The first kappa shape index (κ1) is 14.0. The average molecular weight is 311 g/mol. The Hall–Kier alpha value is -2.63. The van der Waals surface area contributed by atoms with Gasteiger partial charge < -0.3 is 14.6 Å². The normalized spacial score (nSPS) is 24.4. The largest absolute Gasteiger partial charge is 0.443 e. The first-order chi connectivity index (χ1) is 11.1. The van der Waals surface area contributed by atoms with Crippen molar-refractivity contribution in [1.82, 2.24) is 15.2 Å². The summed E-state index contributed by atoms with van der Waals surface area (Å²) in [4.78, 5) is 30.9. The highest BCUT2D eigenvalue weighted by atomic mass is 16.3. The average Bonchev–Trinajstić information content (AvgIpc) is 3.18. The summed E-state index contributed by atoms with van der Waals surface area (Å²) >= 11 is 0. The molecule has 0 saturated carbocycles. The molecule has 2 amide bonds. The van der Waals surface area contributed by atoms with Crippen molar-refractivity contribution >= 4 is 22.9 Å². The van der Waals surface area contributed by atoms with Crippen molar-refractivity contribution in [2.75, 3.05) is 13.1 Å². The Kier molecular flexibility index (Phi) is 3.01. The SMILES string of the molecule is C=C1CCC2(CCN(C(=O)c3ccc4ncoc4c3)C2)C(=O)N1. The van der Waals surface area contributed by atoms with E-state index in [0.717, 1.165) is 24.1 Å². The van der Waals surface area contributed by atoms with Crippen LogP contribution in [0.3, 0.4) is 0 Å². The molecule has 23 heavy (non-hydrogen) atoms. The van der Waals surface area contributed by atoms with Crippen molar-refractivity contribution < 1.29 is 14.0 Å². The lowest BCUT2D eigenvalue weighted by Crippen LogP contribution is -2.46. The van der Waals surface area contributed by atoms with Gasteiger partial charge in [0, 0.05) is 24.4 Å². The highest BCUT2D eigenvalue weighted by Gasteiger charge is 2.47. The summed E-state index contributed by atoms with van der Waals surface area (Å²) in [7, 11) is 0. The first-order valence-electron chi connectivity index (χ1n) is 7.69. The number of piperidine rings is 1. The molecule has 1 aromatic heterocycles. The topological polar surface area (TPSA) is 75.4 Å². The van der Waals surface area contributed by atoms with Gasteiger partial charge in [-0.3, -0.25) is 9.59 Å². The minimum atomic E-state index is -0.465. The van der Waals surface area contributed by atoms with Crippen LogP contribution in [-0.4, -0.2) is 34.8 Å². The molecular weight excluding hydrogens is 294 g/mol. The second-order valence-electron chi connectivity index (χ2n) is 6.35. The zero-order chi connectivity index (χ0) is 16.0. The first-order valence-corrected chi connectivity index (χ1v) is 7.69. The molecule has 6 nitrogen and oxygen atoms in total. The Morgan fingerprint density at radius 2 is 2.26 bits per heavy atom. The molecule has 0 aliphatic carbocycles. The highest BCUT2D eigenvalue weighted by molar-refractivity contribution is 5.98. The fourth-order valence-electron chi connectivity index (χ4n) is 3.47. The summed E-state index contributed by atoms with van der Waals surface area (Å²) in [5, 5.41) is 2.84. The van der Waals surface area contributed by atoms with Gasteiger partial charge in [-0.05, 0) is 37.5 Å². The third-order valence-corrected chi connectivity index (χ3v) is 4.90. The molecule has 2 aliphatic rings. The van der Waals surface area contributed by atoms with Crippen LogP contribution in [-0.2, 0) is 4.79 Å². The number of fused-ring (bicyclic) bond motifs is 1. The number of nitrogens with one attached hydrogen (secondary N) is 1. The Balaban J connectivity index is 1.56. The van der Waals surface area contributed by atoms with Crippen molar-refractivity contribution in [3.05, 3.63) is 42.4 Å². The fraction of sp³-hybridized carbons (Fsp3) is 0.353. The fourth-order valence-corrected chi connectivity index (χ4v) is 3.47. The maximum absolute atomic E-state index is 12.7. The summed E-state index contributed by atoms with van der Waals surface area (Å²) in [6.45, 7) is 4.86. The number of hydrogen-bond acceptors (Lipinski definition) is 4. The summed E-state index contributed by atoms with van der Waals surface area (Å²) in [6, 6.07) is 5.23. The lowest BCUT2D eigenvalue weighted by molar-refractivity contribution is -0.131. The number of likely N-dealkylation sites (tertiary alicyclic amines) is 1. The highest BCUT2D eigenvalue weighted by Crippen LogP contribution is 2.39. The van der Waals surface area contributed by atoms with Crippen LogP contribution in [0.1, 0.15) is 29.6 Å². The van der Waals surface area contributed by atoms with Gasteiger partial charge in [0.2, 0.25) is 5.91 Å². The van der Waals surface area contributed by atoms with Crippen molar-refractivity contribution in [2.24, 2.45) is 5.41 Å². The molecule has 1 atom stereocenters. The van der Waals surface area contributed by atoms with Crippen LogP contribution in [0.15, 0.2) is 41.3 Å². The molecule has 0 radical (unpaired) electrons. The third-order valence-electron chi connectivity index (χ3n) is 4.90.